The second-order valence-electron chi connectivity index (χ2n) is 4.57. The fourth-order valence-electron chi connectivity index (χ4n) is 1.73. The van der Waals surface area contributed by atoms with Crippen molar-refractivity contribution in [1.29, 1.82) is 0 Å². The van der Waals surface area contributed by atoms with Gasteiger partial charge in [0, 0.05) is 6.07 Å². The monoisotopic (exact) mass is 359 g/mol. The SMILES string of the molecule is COc1ccc(Cl)c(NS(=O)(=O)CCOc2ccc(F)cc2)c1. The van der Waals surface area contributed by atoms with Crippen LogP contribution in [0.15, 0.2) is 42.5 Å². The van der Waals surface area contributed by atoms with Gasteiger partial charge in [-0.25, -0.2) is 12.8 Å². The normalized spacial score (nSPS) is 11.1. The summed E-state index contributed by atoms with van der Waals surface area (Å²) in [6, 6.07) is 9.96. The third-order valence-corrected chi connectivity index (χ3v) is 4.44. The molecule has 124 valence electrons. The van der Waals surface area contributed by atoms with E-state index >= 15 is 0 Å². The largest absolute Gasteiger partial charge is 0.497 e. The van der Waals surface area contributed by atoms with Gasteiger partial charge in [0.2, 0.25) is 10.0 Å². The van der Waals surface area contributed by atoms with Gasteiger partial charge < -0.3 is 9.47 Å². The molecule has 0 heterocycles. The van der Waals surface area contributed by atoms with E-state index in [-0.39, 0.29) is 28.9 Å². The topological polar surface area (TPSA) is 64.6 Å². The molecule has 0 aliphatic carbocycles. The van der Waals surface area contributed by atoms with Crippen molar-refractivity contribution in [3.05, 3.63) is 53.3 Å². The van der Waals surface area contributed by atoms with Gasteiger partial charge in [-0.2, -0.15) is 0 Å². The first-order valence-electron chi connectivity index (χ1n) is 6.62. The van der Waals surface area contributed by atoms with Gasteiger partial charge in [0.25, 0.3) is 0 Å². The van der Waals surface area contributed by atoms with Crippen LogP contribution >= 0.6 is 11.6 Å². The van der Waals surface area contributed by atoms with Gasteiger partial charge in [0.15, 0.2) is 0 Å². The smallest absolute Gasteiger partial charge is 0.236 e. The first kappa shape index (κ1) is 17.4. The van der Waals surface area contributed by atoms with E-state index in [4.69, 9.17) is 21.1 Å². The molecule has 0 saturated carbocycles. The van der Waals surface area contributed by atoms with Gasteiger partial charge in [0.1, 0.15) is 29.7 Å². The summed E-state index contributed by atoms with van der Waals surface area (Å²) in [5, 5.41) is 0.258. The molecule has 2 rings (SSSR count). The number of ether oxygens (including phenoxy) is 2. The Morgan fingerprint density at radius 3 is 2.43 bits per heavy atom. The average Bonchev–Trinajstić information content (AvgIpc) is 2.51. The molecule has 1 N–H and O–H groups in total. The molecule has 8 heteroatoms. The van der Waals surface area contributed by atoms with Crippen LogP contribution in [-0.2, 0) is 10.0 Å². The Labute approximate surface area is 139 Å². The summed E-state index contributed by atoms with van der Waals surface area (Å²) < 4.78 is 49.5. The molecule has 0 aliphatic heterocycles. The lowest BCUT2D eigenvalue weighted by Gasteiger charge is -2.11. The van der Waals surface area contributed by atoms with Gasteiger partial charge in [-0.15, -0.1) is 0 Å². The summed E-state index contributed by atoms with van der Waals surface area (Å²) in [6.45, 7) is -0.0808. The summed E-state index contributed by atoms with van der Waals surface area (Å²) in [5.41, 5.74) is 0.229. The molecular weight excluding hydrogens is 345 g/mol. The Bertz CT molecular complexity index is 766. The van der Waals surface area contributed by atoms with Crippen molar-refractivity contribution in [2.24, 2.45) is 0 Å². The molecule has 0 fully saturated rings. The highest BCUT2D eigenvalue weighted by Gasteiger charge is 2.13. The van der Waals surface area contributed by atoms with Crippen LogP contribution in [0.4, 0.5) is 10.1 Å². The summed E-state index contributed by atoms with van der Waals surface area (Å²) in [4.78, 5) is 0. The van der Waals surface area contributed by atoms with Gasteiger partial charge in [-0.05, 0) is 36.4 Å². The standard InChI is InChI=1S/C15H15ClFNO4S/c1-21-13-6-7-14(16)15(10-13)18-23(19,20)9-8-22-12-4-2-11(17)3-5-12/h2-7,10,18H,8-9H2,1H3. The van der Waals surface area contributed by atoms with Crippen molar-refractivity contribution < 1.29 is 22.3 Å². The molecule has 0 saturated heterocycles. The number of hydrogen-bond acceptors (Lipinski definition) is 4. The van der Waals surface area contributed by atoms with E-state index in [1.807, 2.05) is 0 Å². The molecule has 5 nitrogen and oxygen atoms in total. The van der Waals surface area contributed by atoms with Crippen LogP contribution in [0.1, 0.15) is 0 Å². The molecule has 0 bridgehead atoms. The molecule has 0 aliphatic rings. The number of anilines is 1. The lowest BCUT2D eigenvalue weighted by Crippen LogP contribution is -2.21. The summed E-state index contributed by atoms with van der Waals surface area (Å²) >= 11 is 5.95. The molecule has 0 aromatic heterocycles. The highest BCUT2D eigenvalue weighted by molar-refractivity contribution is 7.92. The number of halogens is 2. The summed E-state index contributed by atoms with van der Waals surface area (Å²) in [7, 11) is -2.18. The van der Waals surface area contributed by atoms with E-state index in [1.165, 1.54) is 43.5 Å². The Hall–Kier alpha value is -1.99. The third kappa shape index (κ3) is 5.30. The number of methoxy groups -OCH3 is 1. The van der Waals surface area contributed by atoms with E-state index < -0.39 is 10.0 Å². The van der Waals surface area contributed by atoms with Gasteiger partial charge >= 0.3 is 0 Å². The van der Waals surface area contributed by atoms with Crippen molar-refractivity contribution in [3.63, 3.8) is 0 Å². The lowest BCUT2D eigenvalue weighted by atomic mass is 10.3. The first-order valence-corrected chi connectivity index (χ1v) is 8.65. The fourth-order valence-corrected chi connectivity index (χ4v) is 2.86. The van der Waals surface area contributed by atoms with Crippen LogP contribution in [0.2, 0.25) is 5.02 Å². The molecule has 0 spiro atoms. The second kappa shape index (κ2) is 7.52. The maximum absolute atomic E-state index is 12.8. The van der Waals surface area contributed by atoms with E-state index in [0.717, 1.165) is 0 Å². The molecule has 0 atom stereocenters. The van der Waals surface area contributed by atoms with Crippen molar-refractivity contribution in [2.45, 2.75) is 0 Å². The van der Waals surface area contributed by atoms with Crippen LogP contribution < -0.4 is 14.2 Å². The lowest BCUT2D eigenvalue weighted by molar-refractivity contribution is 0.340. The van der Waals surface area contributed by atoms with E-state index in [2.05, 4.69) is 4.72 Å². The minimum absolute atomic E-state index is 0.0808. The predicted molar refractivity (Wildman–Crippen MR) is 87.3 cm³/mol. The van der Waals surface area contributed by atoms with Crippen LogP contribution in [0.25, 0.3) is 0 Å². The Balaban J connectivity index is 1.95. The van der Waals surface area contributed by atoms with Crippen molar-refractivity contribution in [2.75, 3.05) is 24.2 Å². The minimum atomic E-state index is -3.65. The van der Waals surface area contributed by atoms with Crippen LogP contribution in [-0.4, -0.2) is 27.9 Å². The Morgan fingerprint density at radius 2 is 1.78 bits per heavy atom. The van der Waals surface area contributed by atoms with E-state index in [9.17, 15) is 12.8 Å². The predicted octanol–water partition coefficient (Wildman–Crippen LogP) is 3.31. The van der Waals surface area contributed by atoms with Gasteiger partial charge in [-0.3, -0.25) is 4.72 Å². The number of rotatable bonds is 7. The highest BCUT2D eigenvalue weighted by atomic mass is 35.5. The zero-order valence-electron chi connectivity index (χ0n) is 12.3. The number of nitrogens with one attached hydrogen (secondary N) is 1. The van der Waals surface area contributed by atoms with Crippen molar-refractivity contribution >= 4 is 27.3 Å². The summed E-state index contributed by atoms with van der Waals surface area (Å²) in [5.74, 6) is 0.202. The first-order chi connectivity index (χ1) is 10.9. The zero-order valence-corrected chi connectivity index (χ0v) is 13.8. The Kier molecular flexibility index (Phi) is 5.68. The van der Waals surface area contributed by atoms with Gasteiger partial charge in [-0.1, -0.05) is 11.6 Å². The van der Waals surface area contributed by atoms with Crippen LogP contribution in [0, 0.1) is 5.82 Å². The van der Waals surface area contributed by atoms with Crippen molar-refractivity contribution in [1.82, 2.24) is 0 Å². The average molecular weight is 360 g/mol. The molecular formula is C15H15ClFNO4S. The molecule has 2 aromatic rings. The highest BCUT2D eigenvalue weighted by Crippen LogP contribution is 2.27. The number of hydrogen-bond donors (Lipinski definition) is 1. The van der Waals surface area contributed by atoms with E-state index in [0.29, 0.717) is 11.5 Å². The molecule has 0 unspecified atom stereocenters. The third-order valence-electron chi connectivity index (χ3n) is 2.87. The minimum Gasteiger partial charge on any atom is -0.497 e. The second-order valence-corrected chi connectivity index (χ2v) is 6.82. The van der Waals surface area contributed by atoms with Crippen LogP contribution in [0.5, 0.6) is 11.5 Å². The number of benzene rings is 2. The number of sulfonamides is 1. The molecule has 23 heavy (non-hydrogen) atoms. The molecule has 0 amide bonds. The van der Waals surface area contributed by atoms with E-state index in [1.54, 1.807) is 6.07 Å². The van der Waals surface area contributed by atoms with Crippen molar-refractivity contribution in [3.8, 4) is 11.5 Å². The maximum atomic E-state index is 12.8. The Morgan fingerprint density at radius 1 is 1.13 bits per heavy atom. The summed E-state index contributed by atoms with van der Waals surface area (Å²) in [6.07, 6.45) is 0. The maximum Gasteiger partial charge on any atom is 0.236 e. The van der Waals surface area contributed by atoms with Gasteiger partial charge in [0.05, 0.1) is 17.8 Å². The zero-order chi connectivity index (χ0) is 16.9. The molecule has 2 aromatic carbocycles. The molecule has 0 radical (unpaired) electrons. The van der Waals surface area contributed by atoms with Crippen LogP contribution in [0.3, 0.4) is 0 Å². The quantitative estimate of drug-likeness (QED) is 0.823. The fraction of sp³-hybridized carbons (Fsp3) is 0.200.